The first-order valence-electron chi connectivity index (χ1n) is 4.69. The average Bonchev–Trinajstić information content (AvgIpc) is 2.31. The van der Waals surface area contributed by atoms with Gasteiger partial charge in [-0.1, -0.05) is 0 Å². The lowest BCUT2D eigenvalue weighted by Gasteiger charge is -1.85. The highest BCUT2D eigenvalue weighted by Crippen LogP contribution is 2.20. The Labute approximate surface area is 82.6 Å². The molecule has 0 aliphatic rings. The summed E-state index contributed by atoms with van der Waals surface area (Å²) in [6.07, 6.45) is 0. The van der Waals surface area contributed by atoms with Gasteiger partial charge < -0.3 is 4.98 Å². The number of hydrogen-bond acceptors (Lipinski definition) is 1. The van der Waals surface area contributed by atoms with E-state index in [2.05, 4.69) is 4.98 Å². The minimum Gasteiger partial charge on any atom is -0.362 e. The van der Waals surface area contributed by atoms with Gasteiger partial charge in [0.25, 0.3) is 0 Å². The van der Waals surface area contributed by atoms with E-state index in [9.17, 15) is 4.79 Å². The Kier molecular flexibility index (Phi) is 1.92. The van der Waals surface area contributed by atoms with E-state index in [1.807, 2.05) is 32.9 Å². The second-order valence-corrected chi connectivity index (χ2v) is 3.73. The number of hydrogen-bond donors (Lipinski definition) is 1. The fourth-order valence-corrected chi connectivity index (χ4v) is 1.80. The van der Waals surface area contributed by atoms with E-state index in [0.717, 1.165) is 27.7 Å². The fraction of sp³-hybridized carbons (Fsp3) is 0.250. The van der Waals surface area contributed by atoms with Crippen molar-refractivity contribution in [1.82, 2.24) is 4.98 Å². The zero-order valence-electron chi connectivity index (χ0n) is 8.64. The molecule has 0 bridgehead atoms. The lowest BCUT2D eigenvalue weighted by molar-refractivity contribution is 1.20. The summed E-state index contributed by atoms with van der Waals surface area (Å²) in [7, 11) is 0. The predicted molar refractivity (Wildman–Crippen MR) is 58.8 cm³/mol. The van der Waals surface area contributed by atoms with Crippen molar-refractivity contribution in [3.05, 3.63) is 45.4 Å². The van der Waals surface area contributed by atoms with Crippen molar-refractivity contribution in [3.63, 3.8) is 0 Å². The van der Waals surface area contributed by atoms with Crippen LogP contribution in [0, 0.1) is 20.8 Å². The van der Waals surface area contributed by atoms with E-state index in [4.69, 9.17) is 0 Å². The van der Waals surface area contributed by atoms with Gasteiger partial charge in [-0.3, -0.25) is 4.79 Å². The highest BCUT2D eigenvalue weighted by molar-refractivity contribution is 5.87. The number of H-pyrrole nitrogens is 1. The molecule has 2 heteroatoms. The van der Waals surface area contributed by atoms with Gasteiger partial charge in [0.15, 0.2) is 5.43 Å². The molecule has 0 saturated carbocycles. The highest BCUT2D eigenvalue weighted by atomic mass is 16.1. The van der Waals surface area contributed by atoms with E-state index in [0.29, 0.717) is 0 Å². The molecule has 1 heterocycles. The van der Waals surface area contributed by atoms with Gasteiger partial charge in [0.2, 0.25) is 0 Å². The lowest BCUT2D eigenvalue weighted by Crippen LogP contribution is -1.96. The van der Waals surface area contributed by atoms with Crippen LogP contribution in [0.4, 0.5) is 0 Å². The molecule has 0 fully saturated rings. The third-order valence-electron chi connectivity index (χ3n) is 2.62. The zero-order chi connectivity index (χ0) is 10.3. The zero-order valence-corrected chi connectivity index (χ0v) is 8.64. The van der Waals surface area contributed by atoms with Crippen LogP contribution in [0.5, 0.6) is 0 Å². The smallest absolute Gasteiger partial charge is 0.181 e. The molecule has 0 spiro atoms. The molecule has 1 aromatic heterocycles. The fourth-order valence-electron chi connectivity index (χ4n) is 1.80. The Morgan fingerprint density at radius 3 is 2.36 bits per heavy atom. The number of nitrogens with one attached hydrogen (secondary N) is 1. The van der Waals surface area contributed by atoms with Crippen molar-refractivity contribution in [3.8, 4) is 0 Å². The minimum absolute atomic E-state index is 0.0972. The molecular formula is C12H13NO. The third-order valence-corrected chi connectivity index (χ3v) is 2.62. The quantitative estimate of drug-likeness (QED) is 0.675. The molecule has 1 N–H and O–H groups in total. The Morgan fingerprint density at radius 1 is 1.00 bits per heavy atom. The van der Waals surface area contributed by atoms with Crippen LogP contribution in [-0.2, 0) is 0 Å². The molecule has 14 heavy (non-hydrogen) atoms. The summed E-state index contributed by atoms with van der Waals surface area (Å²) in [5.41, 5.74) is 3.13. The van der Waals surface area contributed by atoms with E-state index >= 15 is 0 Å². The monoisotopic (exact) mass is 187 g/mol. The Bertz CT molecular complexity index is 552. The summed E-state index contributed by atoms with van der Waals surface area (Å²) in [6.45, 7) is 5.90. The van der Waals surface area contributed by atoms with Gasteiger partial charge in [0.1, 0.15) is 0 Å². The Morgan fingerprint density at radius 2 is 1.64 bits per heavy atom. The number of fused-ring (bicyclic) bond motifs is 1. The van der Waals surface area contributed by atoms with Gasteiger partial charge in [0, 0.05) is 22.2 Å². The van der Waals surface area contributed by atoms with Crippen molar-refractivity contribution >= 4 is 10.8 Å². The molecule has 2 aromatic rings. The van der Waals surface area contributed by atoms with Gasteiger partial charge in [-0.2, -0.15) is 0 Å². The summed E-state index contributed by atoms with van der Waals surface area (Å²) in [4.78, 5) is 14.7. The Balaban J connectivity index is 3.03. The van der Waals surface area contributed by atoms with Crippen molar-refractivity contribution in [2.45, 2.75) is 20.8 Å². The first-order valence-corrected chi connectivity index (χ1v) is 4.69. The van der Waals surface area contributed by atoms with Gasteiger partial charge in [-0.05, 0) is 44.5 Å². The van der Waals surface area contributed by atoms with Gasteiger partial charge >= 0.3 is 0 Å². The molecule has 0 amide bonds. The van der Waals surface area contributed by atoms with Crippen molar-refractivity contribution in [2.24, 2.45) is 0 Å². The van der Waals surface area contributed by atoms with Gasteiger partial charge in [0.05, 0.1) is 0 Å². The van der Waals surface area contributed by atoms with E-state index in [-0.39, 0.29) is 5.43 Å². The number of aromatic amines is 1. The molecule has 1 aromatic carbocycles. The standard InChI is InChI=1S/C12H13NO/c1-7-6-11-9(3)13-8(2)10(11)4-5-12(7)14/h4-6,13H,1-3H3. The summed E-state index contributed by atoms with van der Waals surface area (Å²) in [5, 5.41) is 2.27. The summed E-state index contributed by atoms with van der Waals surface area (Å²) in [6, 6.07) is 5.48. The maximum atomic E-state index is 11.4. The van der Waals surface area contributed by atoms with Crippen molar-refractivity contribution in [2.75, 3.05) is 0 Å². The van der Waals surface area contributed by atoms with Crippen LogP contribution in [0.2, 0.25) is 0 Å². The second kappa shape index (κ2) is 2.98. The van der Waals surface area contributed by atoms with Crippen molar-refractivity contribution < 1.29 is 0 Å². The average molecular weight is 187 g/mol. The number of aryl methyl sites for hydroxylation is 3. The third kappa shape index (κ3) is 1.23. The second-order valence-electron chi connectivity index (χ2n) is 3.73. The SMILES string of the molecule is Cc1cc2c(C)[nH]c(C)c2ccc1=O. The largest absolute Gasteiger partial charge is 0.362 e. The van der Waals surface area contributed by atoms with Crippen LogP contribution in [0.15, 0.2) is 23.0 Å². The van der Waals surface area contributed by atoms with E-state index < -0.39 is 0 Å². The molecule has 0 saturated heterocycles. The molecule has 0 aliphatic heterocycles. The maximum absolute atomic E-state index is 11.4. The van der Waals surface area contributed by atoms with Crippen LogP contribution in [-0.4, -0.2) is 4.98 Å². The summed E-state index contributed by atoms with van der Waals surface area (Å²) in [5.74, 6) is 0. The topological polar surface area (TPSA) is 32.9 Å². The predicted octanol–water partition coefficient (Wildman–Crippen LogP) is 2.45. The first-order chi connectivity index (χ1) is 6.59. The van der Waals surface area contributed by atoms with E-state index in [1.54, 1.807) is 6.07 Å². The first kappa shape index (κ1) is 9.00. The Hall–Kier alpha value is -1.57. The normalized spacial score (nSPS) is 10.8. The molecule has 2 nitrogen and oxygen atoms in total. The van der Waals surface area contributed by atoms with Crippen molar-refractivity contribution in [1.29, 1.82) is 0 Å². The number of rotatable bonds is 0. The molecular weight excluding hydrogens is 174 g/mol. The highest BCUT2D eigenvalue weighted by Gasteiger charge is 2.03. The van der Waals surface area contributed by atoms with Gasteiger partial charge in [-0.25, -0.2) is 0 Å². The molecule has 0 unspecified atom stereocenters. The molecule has 0 atom stereocenters. The van der Waals surface area contributed by atoms with Crippen LogP contribution in [0.1, 0.15) is 17.0 Å². The van der Waals surface area contributed by atoms with Gasteiger partial charge in [-0.15, -0.1) is 0 Å². The van der Waals surface area contributed by atoms with Crippen LogP contribution in [0.3, 0.4) is 0 Å². The number of aromatic nitrogens is 1. The van der Waals surface area contributed by atoms with Crippen LogP contribution < -0.4 is 5.43 Å². The van der Waals surface area contributed by atoms with E-state index in [1.165, 1.54) is 0 Å². The molecule has 2 rings (SSSR count). The molecule has 0 aliphatic carbocycles. The lowest BCUT2D eigenvalue weighted by atomic mass is 10.2. The molecule has 72 valence electrons. The van der Waals surface area contributed by atoms with Crippen LogP contribution in [0.25, 0.3) is 10.8 Å². The minimum atomic E-state index is 0.0972. The maximum Gasteiger partial charge on any atom is 0.181 e. The molecule has 0 radical (unpaired) electrons. The summed E-state index contributed by atoms with van der Waals surface area (Å²) >= 11 is 0. The van der Waals surface area contributed by atoms with Crippen LogP contribution >= 0.6 is 0 Å². The summed E-state index contributed by atoms with van der Waals surface area (Å²) < 4.78 is 0.